The Morgan fingerprint density at radius 1 is 1.10 bits per heavy atom. The zero-order valence-electron chi connectivity index (χ0n) is 12.5. The average molecular weight is 291 g/mol. The van der Waals surface area contributed by atoms with Gasteiger partial charge in [0.25, 0.3) is 0 Å². The van der Waals surface area contributed by atoms with Crippen molar-refractivity contribution in [2.75, 3.05) is 13.2 Å². The normalized spacial score (nSPS) is 17.0. The quantitative estimate of drug-likeness (QED) is 0.788. The molecule has 4 heteroatoms. The largest absolute Gasteiger partial charge is 0.492 e. The fraction of sp³-hybridized carbons (Fsp3) is 0.588. The topological polar surface area (TPSA) is 58.6 Å². The van der Waals surface area contributed by atoms with Gasteiger partial charge in [0.2, 0.25) is 0 Å². The van der Waals surface area contributed by atoms with Gasteiger partial charge in [-0.05, 0) is 37.1 Å². The summed E-state index contributed by atoms with van der Waals surface area (Å²) in [6.07, 6.45) is 9.32. The third-order valence-corrected chi connectivity index (χ3v) is 4.01. The summed E-state index contributed by atoms with van der Waals surface area (Å²) in [4.78, 5) is 10.7. The first-order valence-electron chi connectivity index (χ1n) is 7.95. The third kappa shape index (κ3) is 5.76. The molecule has 2 N–H and O–H groups in total. The number of hydrogen-bond donors (Lipinski definition) is 2. The fourth-order valence-electron chi connectivity index (χ4n) is 2.79. The molecule has 4 nitrogen and oxygen atoms in total. The van der Waals surface area contributed by atoms with Crippen molar-refractivity contribution in [1.82, 2.24) is 5.32 Å². The number of rotatable bonds is 6. The van der Waals surface area contributed by atoms with Crippen molar-refractivity contribution >= 4 is 5.97 Å². The molecule has 1 aliphatic rings. The van der Waals surface area contributed by atoms with Gasteiger partial charge in [0, 0.05) is 12.6 Å². The maximum Gasteiger partial charge on any atom is 0.335 e. The molecule has 0 aliphatic heterocycles. The highest BCUT2D eigenvalue weighted by Gasteiger charge is 2.10. The second-order valence-corrected chi connectivity index (χ2v) is 5.67. The van der Waals surface area contributed by atoms with Gasteiger partial charge in [-0.15, -0.1) is 0 Å². The molecule has 0 saturated heterocycles. The first-order chi connectivity index (χ1) is 10.3. The van der Waals surface area contributed by atoms with Gasteiger partial charge in [-0.1, -0.05) is 32.1 Å². The zero-order valence-corrected chi connectivity index (χ0v) is 12.5. The SMILES string of the molecule is O=C(O)c1ccc(OCCNC2CCCCCCC2)cc1. The van der Waals surface area contributed by atoms with E-state index in [9.17, 15) is 4.79 Å². The first-order valence-corrected chi connectivity index (χ1v) is 7.95. The van der Waals surface area contributed by atoms with Gasteiger partial charge in [-0.2, -0.15) is 0 Å². The number of carboxylic acid groups (broad SMARTS) is 1. The van der Waals surface area contributed by atoms with Crippen LogP contribution in [0.15, 0.2) is 24.3 Å². The Morgan fingerprint density at radius 2 is 1.71 bits per heavy atom. The van der Waals surface area contributed by atoms with Crippen LogP contribution in [-0.4, -0.2) is 30.3 Å². The lowest BCUT2D eigenvalue weighted by Crippen LogP contribution is -2.33. The minimum Gasteiger partial charge on any atom is -0.492 e. The number of carboxylic acids is 1. The minimum atomic E-state index is -0.910. The van der Waals surface area contributed by atoms with Gasteiger partial charge in [-0.25, -0.2) is 4.79 Å². The van der Waals surface area contributed by atoms with Crippen molar-refractivity contribution in [3.63, 3.8) is 0 Å². The summed E-state index contributed by atoms with van der Waals surface area (Å²) < 4.78 is 5.63. The Balaban J connectivity index is 1.65. The van der Waals surface area contributed by atoms with Gasteiger partial charge in [0.15, 0.2) is 0 Å². The van der Waals surface area contributed by atoms with Gasteiger partial charge in [0.05, 0.1) is 5.56 Å². The van der Waals surface area contributed by atoms with Crippen molar-refractivity contribution in [3.8, 4) is 5.75 Å². The predicted molar refractivity (Wildman–Crippen MR) is 83.0 cm³/mol. The fourth-order valence-corrected chi connectivity index (χ4v) is 2.79. The zero-order chi connectivity index (χ0) is 14.9. The molecule has 0 radical (unpaired) electrons. The van der Waals surface area contributed by atoms with Crippen LogP contribution in [0.5, 0.6) is 5.75 Å². The average Bonchev–Trinajstić information content (AvgIpc) is 2.45. The van der Waals surface area contributed by atoms with Crippen LogP contribution in [-0.2, 0) is 0 Å². The number of benzene rings is 1. The molecule has 0 bridgehead atoms. The van der Waals surface area contributed by atoms with Gasteiger partial charge >= 0.3 is 5.97 Å². The number of nitrogens with one attached hydrogen (secondary N) is 1. The van der Waals surface area contributed by atoms with Crippen LogP contribution in [0.2, 0.25) is 0 Å². The van der Waals surface area contributed by atoms with E-state index in [2.05, 4.69) is 5.32 Å². The Bertz CT molecular complexity index is 422. The van der Waals surface area contributed by atoms with E-state index in [1.165, 1.54) is 44.9 Å². The number of ether oxygens (including phenoxy) is 1. The smallest absolute Gasteiger partial charge is 0.335 e. The molecule has 116 valence electrons. The highest BCUT2D eigenvalue weighted by molar-refractivity contribution is 5.87. The molecule has 1 aromatic carbocycles. The van der Waals surface area contributed by atoms with E-state index >= 15 is 0 Å². The molecule has 2 rings (SSSR count). The standard InChI is InChI=1S/C17H25NO3/c19-17(20)14-8-10-16(11-9-14)21-13-12-18-15-6-4-2-1-3-5-7-15/h8-11,15,18H,1-7,12-13H2,(H,19,20). The maximum atomic E-state index is 10.7. The summed E-state index contributed by atoms with van der Waals surface area (Å²) in [6, 6.07) is 7.18. The van der Waals surface area contributed by atoms with Gasteiger partial charge in [0.1, 0.15) is 12.4 Å². The molecule has 1 aromatic rings. The monoisotopic (exact) mass is 291 g/mol. The van der Waals surface area contributed by atoms with Crippen molar-refractivity contribution in [1.29, 1.82) is 0 Å². The van der Waals surface area contributed by atoms with Crippen LogP contribution < -0.4 is 10.1 Å². The molecule has 0 unspecified atom stereocenters. The Labute approximate surface area is 126 Å². The lowest BCUT2D eigenvalue weighted by Gasteiger charge is -2.21. The van der Waals surface area contributed by atoms with Gasteiger partial charge in [-0.3, -0.25) is 0 Å². The first kappa shape index (κ1) is 15.8. The number of hydrogen-bond acceptors (Lipinski definition) is 3. The van der Waals surface area contributed by atoms with E-state index in [1.54, 1.807) is 24.3 Å². The summed E-state index contributed by atoms with van der Waals surface area (Å²) in [5, 5.41) is 12.4. The summed E-state index contributed by atoms with van der Waals surface area (Å²) in [7, 11) is 0. The van der Waals surface area contributed by atoms with E-state index in [4.69, 9.17) is 9.84 Å². The number of aromatic carboxylic acids is 1. The maximum absolute atomic E-state index is 10.7. The molecule has 0 aromatic heterocycles. The van der Waals surface area contributed by atoms with Crippen LogP contribution in [0, 0.1) is 0 Å². The van der Waals surface area contributed by atoms with Crippen molar-refractivity contribution in [3.05, 3.63) is 29.8 Å². The highest BCUT2D eigenvalue weighted by atomic mass is 16.5. The van der Waals surface area contributed by atoms with Crippen LogP contribution in [0.25, 0.3) is 0 Å². The second-order valence-electron chi connectivity index (χ2n) is 5.67. The summed E-state index contributed by atoms with van der Waals surface area (Å²) in [5.74, 6) is -0.188. The summed E-state index contributed by atoms with van der Waals surface area (Å²) in [5.41, 5.74) is 0.287. The van der Waals surface area contributed by atoms with E-state index < -0.39 is 5.97 Å². The van der Waals surface area contributed by atoms with E-state index in [0.29, 0.717) is 12.6 Å². The van der Waals surface area contributed by atoms with Crippen LogP contribution in [0.3, 0.4) is 0 Å². The molecular formula is C17H25NO3. The molecule has 0 spiro atoms. The lowest BCUT2D eigenvalue weighted by molar-refractivity contribution is 0.0697. The Hall–Kier alpha value is -1.55. The van der Waals surface area contributed by atoms with E-state index in [0.717, 1.165) is 12.3 Å². The van der Waals surface area contributed by atoms with E-state index in [-0.39, 0.29) is 5.56 Å². The summed E-state index contributed by atoms with van der Waals surface area (Å²) >= 11 is 0. The van der Waals surface area contributed by atoms with Crippen LogP contribution in [0.1, 0.15) is 55.3 Å². The van der Waals surface area contributed by atoms with Gasteiger partial charge < -0.3 is 15.2 Å². The van der Waals surface area contributed by atoms with Crippen molar-refractivity contribution in [2.24, 2.45) is 0 Å². The molecule has 1 aliphatic carbocycles. The molecule has 0 heterocycles. The highest BCUT2D eigenvalue weighted by Crippen LogP contribution is 2.17. The molecule has 0 atom stereocenters. The molecule has 21 heavy (non-hydrogen) atoms. The summed E-state index contributed by atoms with van der Waals surface area (Å²) in [6.45, 7) is 1.45. The molecule has 1 fully saturated rings. The molecule has 1 saturated carbocycles. The van der Waals surface area contributed by atoms with Crippen LogP contribution >= 0.6 is 0 Å². The second kappa shape index (κ2) is 8.67. The van der Waals surface area contributed by atoms with Crippen molar-refractivity contribution < 1.29 is 14.6 Å². The van der Waals surface area contributed by atoms with Crippen LogP contribution in [0.4, 0.5) is 0 Å². The Morgan fingerprint density at radius 3 is 2.33 bits per heavy atom. The molecular weight excluding hydrogens is 266 g/mol. The molecule has 0 amide bonds. The minimum absolute atomic E-state index is 0.287. The lowest BCUT2D eigenvalue weighted by atomic mass is 9.97. The predicted octanol–water partition coefficient (Wildman–Crippen LogP) is 3.47. The van der Waals surface area contributed by atoms with Crippen molar-refractivity contribution in [2.45, 2.75) is 51.0 Å². The van der Waals surface area contributed by atoms with E-state index in [1.807, 2.05) is 0 Å². The Kier molecular flexibility index (Phi) is 6.54. The number of carbonyl (C=O) groups is 1. The third-order valence-electron chi connectivity index (χ3n) is 4.01.